The zero-order valence-corrected chi connectivity index (χ0v) is 51.3. The molecule has 0 rings (SSSR count). The first kappa shape index (κ1) is 73.9. The van der Waals surface area contributed by atoms with Gasteiger partial charge in [0.25, 0.3) is 0 Å². The van der Waals surface area contributed by atoms with Crippen molar-refractivity contribution in [3.8, 4) is 0 Å². The second-order valence-corrected chi connectivity index (χ2v) is 24.2. The minimum atomic E-state index is -0.669. The fourth-order valence-corrected chi connectivity index (χ4v) is 11.4. The molecule has 0 fully saturated rings. The number of aliphatic hydroxyl groups is 2. The van der Waals surface area contributed by atoms with Gasteiger partial charge >= 0.3 is 5.97 Å². The highest BCUT2D eigenvalue weighted by atomic mass is 16.5. The van der Waals surface area contributed by atoms with E-state index in [-0.39, 0.29) is 18.5 Å². The highest BCUT2D eigenvalue weighted by Gasteiger charge is 2.20. The predicted octanol–water partition coefficient (Wildman–Crippen LogP) is 22.2. The number of rotatable bonds is 66. The van der Waals surface area contributed by atoms with Crippen molar-refractivity contribution in [3.63, 3.8) is 0 Å². The topological polar surface area (TPSA) is 95.9 Å². The standard InChI is InChI=1S/C69H137NO5/c1-3-5-7-9-11-13-15-17-19-21-23-24-25-26-27-28-29-33-37-41-45-49-53-57-61-67(72)66(65-71)70-68(73)62-58-54-50-46-42-38-34-31-32-36-40-44-48-52-56-60-64-75-69(74)63-59-55-51-47-43-39-35-30-22-20-18-16-14-12-10-8-6-4-2/h66-67,71-72H,3-65H2,1-2H3,(H,70,73). The van der Waals surface area contributed by atoms with Crippen LogP contribution in [0.3, 0.4) is 0 Å². The number of unbranched alkanes of at least 4 members (excludes halogenated alkanes) is 55. The minimum Gasteiger partial charge on any atom is -0.466 e. The number of ether oxygens (including phenoxy) is 1. The minimum absolute atomic E-state index is 0.00949. The number of hydrogen-bond donors (Lipinski definition) is 3. The zero-order valence-electron chi connectivity index (χ0n) is 51.3. The van der Waals surface area contributed by atoms with E-state index in [1.54, 1.807) is 0 Å². The van der Waals surface area contributed by atoms with E-state index in [0.717, 1.165) is 38.5 Å². The second kappa shape index (κ2) is 65.4. The summed E-state index contributed by atoms with van der Waals surface area (Å²) in [6, 6.07) is -0.547. The first-order valence-corrected chi connectivity index (χ1v) is 34.8. The monoisotopic (exact) mass is 1060 g/mol. The van der Waals surface area contributed by atoms with Crippen LogP contribution in [0.1, 0.15) is 406 Å². The van der Waals surface area contributed by atoms with Crippen molar-refractivity contribution in [1.29, 1.82) is 0 Å². The fourth-order valence-electron chi connectivity index (χ4n) is 11.4. The SMILES string of the molecule is CCCCCCCCCCCCCCCCCCCCCCCCCCC(O)C(CO)NC(=O)CCCCCCCCCCCCCCCCCCOC(=O)CCCCCCCCCCCCCCCCCCCC. The maximum Gasteiger partial charge on any atom is 0.305 e. The van der Waals surface area contributed by atoms with Gasteiger partial charge in [0, 0.05) is 12.8 Å². The Balaban J connectivity index is 3.39. The van der Waals surface area contributed by atoms with E-state index in [2.05, 4.69) is 19.2 Å². The summed E-state index contributed by atoms with van der Waals surface area (Å²) in [5.41, 5.74) is 0. The number of hydrogen-bond acceptors (Lipinski definition) is 5. The molecule has 448 valence electrons. The Morgan fingerprint density at radius 1 is 0.320 bits per heavy atom. The number of aliphatic hydroxyl groups excluding tert-OH is 2. The highest BCUT2D eigenvalue weighted by molar-refractivity contribution is 5.76. The molecule has 6 nitrogen and oxygen atoms in total. The van der Waals surface area contributed by atoms with Gasteiger partial charge < -0.3 is 20.3 Å². The van der Waals surface area contributed by atoms with Gasteiger partial charge in [-0.25, -0.2) is 0 Å². The van der Waals surface area contributed by atoms with E-state index in [1.807, 2.05) is 0 Å². The van der Waals surface area contributed by atoms with Crippen LogP contribution in [0.15, 0.2) is 0 Å². The lowest BCUT2D eigenvalue weighted by Crippen LogP contribution is -2.45. The summed E-state index contributed by atoms with van der Waals surface area (Å²) in [7, 11) is 0. The molecule has 0 aliphatic carbocycles. The first-order chi connectivity index (χ1) is 37.0. The molecule has 3 N–H and O–H groups in total. The van der Waals surface area contributed by atoms with Crippen LogP contribution < -0.4 is 5.32 Å². The Morgan fingerprint density at radius 2 is 0.547 bits per heavy atom. The third-order valence-corrected chi connectivity index (χ3v) is 16.7. The smallest absolute Gasteiger partial charge is 0.305 e. The Morgan fingerprint density at radius 3 is 0.813 bits per heavy atom. The fraction of sp³-hybridized carbons (Fsp3) is 0.971. The third-order valence-electron chi connectivity index (χ3n) is 16.7. The molecule has 0 aromatic carbocycles. The molecular formula is C69H137NO5. The third kappa shape index (κ3) is 61.9. The molecule has 0 spiro atoms. The van der Waals surface area contributed by atoms with Crippen LogP contribution in [0.2, 0.25) is 0 Å². The molecular weight excluding hydrogens is 923 g/mol. The van der Waals surface area contributed by atoms with Crippen molar-refractivity contribution in [1.82, 2.24) is 5.32 Å². The Bertz CT molecular complexity index is 1080. The van der Waals surface area contributed by atoms with Crippen molar-refractivity contribution in [2.24, 2.45) is 0 Å². The number of carbonyl (C=O) groups is 2. The van der Waals surface area contributed by atoms with Gasteiger partial charge in [0.15, 0.2) is 0 Å². The summed E-state index contributed by atoms with van der Waals surface area (Å²) in [6.07, 6.45) is 78.5. The Hall–Kier alpha value is -1.14. The van der Waals surface area contributed by atoms with Crippen LogP contribution in [0.25, 0.3) is 0 Å². The molecule has 0 aromatic heterocycles. The largest absolute Gasteiger partial charge is 0.466 e. The van der Waals surface area contributed by atoms with Crippen molar-refractivity contribution in [2.45, 2.75) is 418 Å². The predicted molar refractivity (Wildman–Crippen MR) is 329 cm³/mol. The summed E-state index contributed by atoms with van der Waals surface area (Å²) in [5.74, 6) is -0.0262. The number of carbonyl (C=O) groups excluding carboxylic acids is 2. The lowest BCUT2D eigenvalue weighted by molar-refractivity contribution is -0.143. The van der Waals surface area contributed by atoms with Gasteiger partial charge in [-0.2, -0.15) is 0 Å². The van der Waals surface area contributed by atoms with Gasteiger partial charge in [-0.1, -0.05) is 367 Å². The van der Waals surface area contributed by atoms with E-state index < -0.39 is 12.1 Å². The molecule has 0 bridgehead atoms. The van der Waals surface area contributed by atoms with Gasteiger partial charge in [0.05, 0.1) is 25.4 Å². The van der Waals surface area contributed by atoms with E-state index in [1.165, 1.54) is 334 Å². The lowest BCUT2D eigenvalue weighted by atomic mass is 10.0. The average Bonchev–Trinajstić information content (AvgIpc) is 3.41. The maximum absolute atomic E-state index is 12.5. The first-order valence-electron chi connectivity index (χ1n) is 34.8. The van der Waals surface area contributed by atoms with E-state index >= 15 is 0 Å². The molecule has 0 saturated carbocycles. The van der Waals surface area contributed by atoms with Crippen LogP contribution in [0, 0.1) is 0 Å². The van der Waals surface area contributed by atoms with Crippen LogP contribution in [0.4, 0.5) is 0 Å². The summed E-state index contributed by atoms with van der Waals surface area (Å²) >= 11 is 0. The Kier molecular flexibility index (Phi) is 64.4. The molecule has 0 radical (unpaired) electrons. The maximum atomic E-state index is 12.5. The van der Waals surface area contributed by atoms with Crippen molar-refractivity contribution >= 4 is 11.9 Å². The van der Waals surface area contributed by atoms with Crippen molar-refractivity contribution < 1.29 is 24.5 Å². The second-order valence-electron chi connectivity index (χ2n) is 24.2. The molecule has 0 aliphatic rings. The van der Waals surface area contributed by atoms with Gasteiger partial charge in [-0.3, -0.25) is 9.59 Å². The molecule has 1 amide bonds. The summed E-state index contributed by atoms with van der Waals surface area (Å²) in [4.78, 5) is 24.7. The number of amides is 1. The lowest BCUT2D eigenvalue weighted by Gasteiger charge is -2.22. The summed E-state index contributed by atoms with van der Waals surface area (Å²) in [6.45, 7) is 4.99. The van der Waals surface area contributed by atoms with Crippen LogP contribution in [-0.4, -0.2) is 47.4 Å². The number of nitrogens with one attached hydrogen (secondary N) is 1. The van der Waals surface area contributed by atoms with Crippen LogP contribution in [-0.2, 0) is 14.3 Å². The molecule has 2 atom stereocenters. The molecule has 0 aliphatic heterocycles. The van der Waals surface area contributed by atoms with E-state index in [9.17, 15) is 19.8 Å². The van der Waals surface area contributed by atoms with Crippen molar-refractivity contribution in [3.05, 3.63) is 0 Å². The van der Waals surface area contributed by atoms with E-state index in [4.69, 9.17) is 4.74 Å². The molecule has 0 heterocycles. The molecule has 75 heavy (non-hydrogen) atoms. The normalized spacial score (nSPS) is 12.4. The average molecular weight is 1060 g/mol. The molecule has 6 heteroatoms. The molecule has 0 saturated heterocycles. The van der Waals surface area contributed by atoms with Gasteiger partial charge in [-0.15, -0.1) is 0 Å². The van der Waals surface area contributed by atoms with Gasteiger partial charge in [-0.05, 0) is 25.7 Å². The quantitative estimate of drug-likeness (QED) is 0.0417. The van der Waals surface area contributed by atoms with Gasteiger partial charge in [0.2, 0.25) is 5.91 Å². The number of esters is 1. The van der Waals surface area contributed by atoms with Crippen LogP contribution in [0.5, 0.6) is 0 Å². The highest BCUT2D eigenvalue weighted by Crippen LogP contribution is 2.19. The molecule has 2 unspecified atom stereocenters. The van der Waals surface area contributed by atoms with Crippen LogP contribution >= 0.6 is 0 Å². The van der Waals surface area contributed by atoms with E-state index in [0.29, 0.717) is 25.9 Å². The van der Waals surface area contributed by atoms with Gasteiger partial charge in [0.1, 0.15) is 0 Å². The van der Waals surface area contributed by atoms with Crippen molar-refractivity contribution in [2.75, 3.05) is 13.2 Å². The Labute approximate surface area is 470 Å². The molecule has 0 aromatic rings. The summed E-state index contributed by atoms with van der Waals surface area (Å²) in [5, 5.41) is 23.4. The summed E-state index contributed by atoms with van der Waals surface area (Å²) < 4.78 is 5.50. The zero-order chi connectivity index (χ0) is 54.3.